The van der Waals surface area contributed by atoms with Gasteiger partial charge in [-0.1, -0.05) is 30.9 Å². The van der Waals surface area contributed by atoms with Gasteiger partial charge in [0.05, 0.1) is 11.9 Å². The summed E-state index contributed by atoms with van der Waals surface area (Å²) >= 11 is 6.05. The third kappa shape index (κ3) is 3.04. The Hall–Kier alpha value is -1.75. The van der Waals surface area contributed by atoms with Crippen LogP contribution in [0.25, 0.3) is 11.3 Å². The molecule has 20 heavy (non-hydrogen) atoms. The van der Waals surface area contributed by atoms with Crippen molar-refractivity contribution < 1.29 is 0 Å². The van der Waals surface area contributed by atoms with E-state index >= 15 is 0 Å². The molecule has 104 valence electrons. The lowest BCUT2D eigenvalue weighted by atomic mass is 9.96. The molecular weight excluding hydrogens is 274 g/mol. The third-order valence-corrected chi connectivity index (χ3v) is 3.82. The molecule has 6 heteroatoms. The first-order chi connectivity index (χ1) is 9.83. The monoisotopic (exact) mass is 289 g/mol. The molecule has 0 aromatic carbocycles. The maximum atomic E-state index is 6.05. The summed E-state index contributed by atoms with van der Waals surface area (Å²) in [6, 6.07) is 4.11. The molecule has 2 aromatic heterocycles. The van der Waals surface area contributed by atoms with E-state index in [0.29, 0.717) is 17.1 Å². The van der Waals surface area contributed by atoms with E-state index in [4.69, 9.17) is 11.6 Å². The van der Waals surface area contributed by atoms with Crippen LogP contribution in [0.4, 0.5) is 5.95 Å². The summed E-state index contributed by atoms with van der Waals surface area (Å²) in [5.41, 5.74) is 1.54. The minimum absolute atomic E-state index is 0.356. The molecule has 2 aromatic rings. The molecule has 0 amide bonds. The Balaban J connectivity index is 1.80. The van der Waals surface area contributed by atoms with Crippen LogP contribution in [-0.4, -0.2) is 26.2 Å². The van der Waals surface area contributed by atoms with Crippen LogP contribution in [0.2, 0.25) is 5.15 Å². The summed E-state index contributed by atoms with van der Waals surface area (Å²) in [5.74, 6) is 0.655. The summed E-state index contributed by atoms with van der Waals surface area (Å²) in [4.78, 5) is 8.81. The molecule has 0 bridgehead atoms. The van der Waals surface area contributed by atoms with Crippen LogP contribution < -0.4 is 5.32 Å². The minimum atomic E-state index is 0.356. The highest BCUT2D eigenvalue weighted by Crippen LogP contribution is 2.25. The van der Waals surface area contributed by atoms with Crippen molar-refractivity contribution in [2.24, 2.45) is 0 Å². The Bertz CT molecular complexity index is 583. The van der Waals surface area contributed by atoms with Gasteiger partial charge in [0.1, 0.15) is 0 Å². The molecule has 2 heterocycles. The highest BCUT2D eigenvalue weighted by atomic mass is 35.5. The van der Waals surface area contributed by atoms with Crippen LogP contribution in [0.1, 0.15) is 32.1 Å². The highest BCUT2D eigenvalue weighted by Gasteiger charge is 2.14. The molecule has 1 aliphatic rings. The number of nitrogens with one attached hydrogen (secondary N) is 1. The van der Waals surface area contributed by atoms with Gasteiger partial charge in [-0.2, -0.15) is 5.10 Å². The zero-order chi connectivity index (χ0) is 13.8. The van der Waals surface area contributed by atoms with Crippen molar-refractivity contribution in [1.29, 1.82) is 0 Å². The van der Waals surface area contributed by atoms with Crippen LogP contribution in [0.3, 0.4) is 0 Å². The molecule has 1 N–H and O–H groups in total. The molecule has 0 unspecified atom stereocenters. The van der Waals surface area contributed by atoms with E-state index < -0.39 is 0 Å². The lowest BCUT2D eigenvalue weighted by Crippen LogP contribution is -2.23. The average Bonchev–Trinajstić information content (AvgIpc) is 2.49. The smallest absolute Gasteiger partial charge is 0.223 e. The summed E-state index contributed by atoms with van der Waals surface area (Å²) in [6.07, 6.45) is 9.60. The normalized spacial score (nSPS) is 16.1. The van der Waals surface area contributed by atoms with Crippen molar-refractivity contribution in [3.8, 4) is 11.3 Å². The minimum Gasteiger partial charge on any atom is -0.351 e. The molecule has 3 rings (SSSR count). The first kappa shape index (κ1) is 13.2. The lowest BCUT2D eigenvalue weighted by molar-refractivity contribution is 0.461. The van der Waals surface area contributed by atoms with Gasteiger partial charge in [0.25, 0.3) is 0 Å². The van der Waals surface area contributed by atoms with Crippen LogP contribution in [0, 0.1) is 0 Å². The summed E-state index contributed by atoms with van der Waals surface area (Å²) < 4.78 is 0. The molecule has 1 aliphatic carbocycles. The molecule has 0 aliphatic heterocycles. The van der Waals surface area contributed by atoms with Gasteiger partial charge >= 0.3 is 0 Å². The molecule has 0 spiro atoms. The second-order valence-electron chi connectivity index (χ2n) is 4.98. The van der Waals surface area contributed by atoms with Crippen molar-refractivity contribution in [3.63, 3.8) is 0 Å². The Morgan fingerprint density at radius 1 is 1.10 bits per heavy atom. The van der Waals surface area contributed by atoms with Crippen molar-refractivity contribution in [2.75, 3.05) is 5.32 Å². The highest BCUT2D eigenvalue weighted by molar-refractivity contribution is 6.31. The van der Waals surface area contributed by atoms with E-state index in [1.54, 1.807) is 12.4 Å². The summed E-state index contributed by atoms with van der Waals surface area (Å²) in [7, 11) is 0. The Kier molecular flexibility index (Phi) is 4.06. The molecular formula is C14H16ClN5. The largest absolute Gasteiger partial charge is 0.351 e. The first-order valence-electron chi connectivity index (χ1n) is 6.90. The fourth-order valence-corrected chi connectivity index (χ4v) is 2.72. The number of nitrogens with zero attached hydrogens (tertiary/aromatic N) is 4. The van der Waals surface area contributed by atoms with Crippen LogP contribution >= 0.6 is 11.6 Å². The van der Waals surface area contributed by atoms with Gasteiger partial charge in [-0.25, -0.2) is 9.97 Å². The number of hydrogen-bond acceptors (Lipinski definition) is 5. The maximum absolute atomic E-state index is 6.05. The molecule has 0 atom stereocenters. The Labute approximate surface area is 122 Å². The SMILES string of the molecule is Clc1nnccc1-c1ccnc(NC2CCCCC2)n1. The van der Waals surface area contributed by atoms with E-state index in [2.05, 4.69) is 25.5 Å². The fraction of sp³-hybridized carbons (Fsp3) is 0.429. The van der Waals surface area contributed by atoms with Gasteiger partial charge in [0, 0.05) is 17.8 Å². The standard InChI is InChI=1S/C14H16ClN5/c15-13-11(6-9-17-20-13)12-7-8-16-14(19-12)18-10-4-2-1-3-5-10/h6-10H,1-5H2,(H,16,18,19). The predicted molar refractivity (Wildman–Crippen MR) is 78.6 cm³/mol. The quantitative estimate of drug-likeness (QED) is 0.939. The van der Waals surface area contributed by atoms with E-state index in [9.17, 15) is 0 Å². The van der Waals surface area contributed by atoms with Crippen molar-refractivity contribution in [1.82, 2.24) is 20.2 Å². The number of rotatable bonds is 3. The predicted octanol–water partition coefficient (Wildman–Crippen LogP) is 3.33. The zero-order valence-corrected chi connectivity index (χ0v) is 11.8. The molecule has 5 nitrogen and oxygen atoms in total. The number of hydrogen-bond donors (Lipinski definition) is 1. The molecule has 1 saturated carbocycles. The Morgan fingerprint density at radius 3 is 2.75 bits per heavy atom. The van der Waals surface area contributed by atoms with E-state index in [1.807, 2.05) is 12.1 Å². The third-order valence-electron chi connectivity index (χ3n) is 3.55. The fourth-order valence-electron chi connectivity index (χ4n) is 2.51. The van der Waals surface area contributed by atoms with Gasteiger partial charge in [-0.3, -0.25) is 0 Å². The van der Waals surface area contributed by atoms with Gasteiger partial charge in [-0.05, 0) is 25.0 Å². The summed E-state index contributed by atoms with van der Waals surface area (Å²) in [5, 5.41) is 11.3. The van der Waals surface area contributed by atoms with Crippen molar-refractivity contribution >= 4 is 17.5 Å². The maximum Gasteiger partial charge on any atom is 0.223 e. The van der Waals surface area contributed by atoms with E-state index in [0.717, 1.165) is 11.3 Å². The Morgan fingerprint density at radius 2 is 1.95 bits per heavy atom. The van der Waals surface area contributed by atoms with Gasteiger partial charge < -0.3 is 5.32 Å². The lowest BCUT2D eigenvalue weighted by Gasteiger charge is -2.22. The van der Waals surface area contributed by atoms with Crippen LogP contribution in [-0.2, 0) is 0 Å². The average molecular weight is 290 g/mol. The number of halogens is 1. The van der Waals surface area contributed by atoms with Crippen LogP contribution in [0.15, 0.2) is 24.5 Å². The molecule has 0 radical (unpaired) electrons. The second kappa shape index (κ2) is 6.13. The molecule has 1 fully saturated rings. The van der Waals surface area contributed by atoms with E-state index in [1.165, 1.54) is 32.1 Å². The van der Waals surface area contributed by atoms with Crippen molar-refractivity contribution in [3.05, 3.63) is 29.7 Å². The summed E-state index contributed by atoms with van der Waals surface area (Å²) in [6.45, 7) is 0. The second-order valence-corrected chi connectivity index (χ2v) is 5.34. The first-order valence-corrected chi connectivity index (χ1v) is 7.28. The number of aromatic nitrogens is 4. The van der Waals surface area contributed by atoms with Gasteiger partial charge in [0.2, 0.25) is 5.95 Å². The van der Waals surface area contributed by atoms with Crippen LogP contribution in [0.5, 0.6) is 0 Å². The van der Waals surface area contributed by atoms with Gasteiger partial charge in [-0.15, -0.1) is 5.10 Å². The van der Waals surface area contributed by atoms with E-state index in [-0.39, 0.29) is 0 Å². The van der Waals surface area contributed by atoms with Gasteiger partial charge in [0.15, 0.2) is 5.15 Å². The van der Waals surface area contributed by atoms with Crippen molar-refractivity contribution in [2.45, 2.75) is 38.1 Å². The number of anilines is 1. The topological polar surface area (TPSA) is 63.6 Å². The molecule has 0 saturated heterocycles. The zero-order valence-electron chi connectivity index (χ0n) is 11.1.